The van der Waals surface area contributed by atoms with Crippen LogP contribution in [0, 0.1) is 5.92 Å². The molecule has 0 saturated heterocycles. The van der Waals surface area contributed by atoms with Gasteiger partial charge in [-0.3, -0.25) is 4.99 Å². The van der Waals surface area contributed by atoms with E-state index in [2.05, 4.69) is 27.4 Å². The molecular formula is C14H21N3S. The summed E-state index contributed by atoms with van der Waals surface area (Å²) < 4.78 is 0. The minimum absolute atomic E-state index is 0.549. The Morgan fingerprint density at radius 1 is 1.33 bits per heavy atom. The van der Waals surface area contributed by atoms with E-state index in [1.165, 1.54) is 37.0 Å². The molecular weight excluding hydrogens is 242 g/mol. The molecule has 2 N–H and O–H groups in total. The van der Waals surface area contributed by atoms with E-state index in [4.69, 9.17) is 5.73 Å². The van der Waals surface area contributed by atoms with Crippen molar-refractivity contribution in [2.45, 2.75) is 44.7 Å². The highest BCUT2D eigenvalue weighted by molar-refractivity contribution is 7.09. The predicted molar refractivity (Wildman–Crippen MR) is 76.7 cm³/mol. The van der Waals surface area contributed by atoms with E-state index in [9.17, 15) is 0 Å². The van der Waals surface area contributed by atoms with Gasteiger partial charge in [-0.1, -0.05) is 25.3 Å². The fourth-order valence-corrected chi connectivity index (χ4v) is 3.94. The van der Waals surface area contributed by atoms with Crippen molar-refractivity contribution < 1.29 is 0 Å². The van der Waals surface area contributed by atoms with Crippen molar-refractivity contribution in [3.8, 4) is 0 Å². The number of nitrogens with two attached hydrogens (primary N) is 1. The summed E-state index contributed by atoms with van der Waals surface area (Å²) in [6, 6.07) is 4.85. The lowest BCUT2D eigenvalue weighted by Crippen LogP contribution is -2.44. The maximum atomic E-state index is 6.07. The third-order valence-corrected chi connectivity index (χ3v) is 5.10. The van der Waals surface area contributed by atoms with Gasteiger partial charge >= 0.3 is 0 Å². The van der Waals surface area contributed by atoms with Gasteiger partial charge in [0.1, 0.15) is 0 Å². The lowest BCUT2D eigenvalue weighted by Gasteiger charge is -2.34. The van der Waals surface area contributed by atoms with Crippen molar-refractivity contribution in [3.63, 3.8) is 0 Å². The van der Waals surface area contributed by atoms with E-state index < -0.39 is 0 Å². The van der Waals surface area contributed by atoms with Crippen molar-refractivity contribution in [1.82, 2.24) is 4.90 Å². The van der Waals surface area contributed by atoms with Crippen molar-refractivity contribution in [1.29, 1.82) is 0 Å². The van der Waals surface area contributed by atoms with Gasteiger partial charge < -0.3 is 10.6 Å². The Morgan fingerprint density at radius 3 is 2.89 bits per heavy atom. The second-order valence-corrected chi connectivity index (χ2v) is 6.40. The maximum Gasteiger partial charge on any atom is 0.191 e. The first-order valence-electron chi connectivity index (χ1n) is 6.93. The summed E-state index contributed by atoms with van der Waals surface area (Å²) in [6.07, 6.45) is 6.88. The van der Waals surface area contributed by atoms with Crippen LogP contribution >= 0.6 is 11.3 Å². The SMILES string of the molecule is NC1=NCC(C2CCCCC2)N1Cc1cccs1. The number of thiophene rings is 1. The molecule has 0 bridgehead atoms. The first-order chi connectivity index (χ1) is 8.84. The van der Waals surface area contributed by atoms with Gasteiger partial charge in [0.15, 0.2) is 5.96 Å². The number of rotatable bonds is 3. The Morgan fingerprint density at radius 2 is 2.17 bits per heavy atom. The zero-order chi connectivity index (χ0) is 12.4. The number of guanidine groups is 1. The van der Waals surface area contributed by atoms with E-state index in [1.807, 2.05) is 11.3 Å². The molecule has 0 amide bonds. The summed E-state index contributed by atoms with van der Waals surface area (Å²) >= 11 is 1.81. The Hall–Kier alpha value is -1.03. The molecule has 1 aromatic heterocycles. The highest BCUT2D eigenvalue weighted by Crippen LogP contribution is 2.32. The minimum atomic E-state index is 0.549. The smallest absolute Gasteiger partial charge is 0.191 e. The lowest BCUT2D eigenvalue weighted by molar-refractivity contribution is 0.198. The Kier molecular flexibility index (Phi) is 3.55. The molecule has 2 heterocycles. The summed E-state index contributed by atoms with van der Waals surface area (Å²) in [5, 5.41) is 2.13. The highest BCUT2D eigenvalue weighted by atomic mass is 32.1. The van der Waals surface area contributed by atoms with Crippen LogP contribution in [0.5, 0.6) is 0 Å². The summed E-state index contributed by atoms with van der Waals surface area (Å²) in [4.78, 5) is 8.20. The van der Waals surface area contributed by atoms with E-state index in [-0.39, 0.29) is 0 Å². The van der Waals surface area contributed by atoms with Crippen LogP contribution in [0.4, 0.5) is 0 Å². The molecule has 0 radical (unpaired) electrons. The second-order valence-electron chi connectivity index (χ2n) is 5.37. The average Bonchev–Trinajstić information content (AvgIpc) is 3.03. The van der Waals surface area contributed by atoms with E-state index in [1.54, 1.807) is 0 Å². The van der Waals surface area contributed by atoms with E-state index >= 15 is 0 Å². The molecule has 1 saturated carbocycles. The molecule has 3 nitrogen and oxygen atoms in total. The van der Waals surface area contributed by atoms with Crippen LogP contribution < -0.4 is 5.73 Å². The summed E-state index contributed by atoms with van der Waals surface area (Å²) in [7, 11) is 0. The zero-order valence-electron chi connectivity index (χ0n) is 10.7. The zero-order valence-corrected chi connectivity index (χ0v) is 11.5. The molecule has 1 fully saturated rings. The quantitative estimate of drug-likeness (QED) is 0.911. The second kappa shape index (κ2) is 5.31. The van der Waals surface area contributed by atoms with Crippen LogP contribution in [0.1, 0.15) is 37.0 Å². The molecule has 0 spiro atoms. The van der Waals surface area contributed by atoms with Gasteiger partial charge in [-0.05, 0) is 30.2 Å². The van der Waals surface area contributed by atoms with Crippen molar-refractivity contribution in [2.24, 2.45) is 16.6 Å². The fourth-order valence-electron chi connectivity index (χ4n) is 3.24. The first-order valence-corrected chi connectivity index (χ1v) is 7.81. The van der Waals surface area contributed by atoms with Crippen LogP contribution in [0.15, 0.2) is 22.5 Å². The molecule has 1 aliphatic heterocycles. The van der Waals surface area contributed by atoms with Gasteiger partial charge in [0, 0.05) is 4.88 Å². The van der Waals surface area contributed by atoms with Gasteiger partial charge in [-0.2, -0.15) is 0 Å². The van der Waals surface area contributed by atoms with Crippen LogP contribution in [0.25, 0.3) is 0 Å². The van der Waals surface area contributed by atoms with Crippen LogP contribution in [-0.4, -0.2) is 23.4 Å². The standard InChI is InChI=1S/C14H21N3S/c15-14-16-9-13(11-5-2-1-3-6-11)17(14)10-12-7-4-8-18-12/h4,7-8,11,13H,1-3,5-6,9-10H2,(H2,15,16). The fraction of sp³-hybridized carbons (Fsp3) is 0.643. The van der Waals surface area contributed by atoms with Crippen LogP contribution in [0.2, 0.25) is 0 Å². The topological polar surface area (TPSA) is 41.6 Å². The van der Waals surface area contributed by atoms with Crippen molar-refractivity contribution >= 4 is 17.3 Å². The molecule has 3 rings (SSSR count). The normalized spacial score (nSPS) is 25.4. The molecule has 0 aromatic carbocycles. The predicted octanol–water partition coefficient (Wildman–Crippen LogP) is 2.83. The summed E-state index contributed by atoms with van der Waals surface area (Å²) in [6.45, 7) is 1.84. The molecule has 2 aliphatic rings. The minimum Gasteiger partial charge on any atom is -0.370 e. The van der Waals surface area contributed by atoms with Crippen molar-refractivity contribution in [3.05, 3.63) is 22.4 Å². The number of hydrogen-bond donors (Lipinski definition) is 1. The molecule has 1 aliphatic carbocycles. The van der Waals surface area contributed by atoms with Gasteiger partial charge in [0.25, 0.3) is 0 Å². The molecule has 18 heavy (non-hydrogen) atoms. The largest absolute Gasteiger partial charge is 0.370 e. The van der Waals surface area contributed by atoms with E-state index in [0.29, 0.717) is 6.04 Å². The lowest BCUT2D eigenvalue weighted by atomic mass is 9.83. The third kappa shape index (κ3) is 2.39. The monoisotopic (exact) mass is 263 g/mol. The Bertz CT molecular complexity index is 407. The molecule has 1 unspecified atom stereocenters. The average molecular weight is 263 g/mol. The first kappa shape index (κ1) is 12.0. The molecule has 98 valence electrons. The van der Waals surface area contributed by atoms with Crippen LogP contribution in [0.3, 0.4) is 0 Å². The Balaban J connectivity index is 1.70. The number of aliphatic imine (C=N–C) groups is 1. The van der Waals surface area contributed by atoms with E-state index in [0.717, 1.165) is 25.0 Å². The highest BCUT2D eigenvalue weighted by Gasteiger charge is 2.33. The summed E-state index contributed by atoms with van der Waals surface area (Å²) in [5.74, 6) is 1.54. The Labute approximate surface area is 113 Å². The van der Waals surface area contributed by atoms with Gasteiger partial charge in [-0.15, -0.1) is 11.3 Å². The summed E-state index contributed by atoms with van der Waals surface area (Å²) in [5.41, 5.74) is 6.07. The molecule has 1 atom stereocenters. The number of hydrogen-bond acceptors (Lipinski definition) is 4. The molecule has 4 heteroatoms. The van der Waals surface area contributed by atoms with Crippen LogP contribution in [-0.2, 0) is 6.54 Å². The maximum absolute atomic E-state index is 6.07. The number of nitrogens with zero attached hydrogens (tertiary/aromatic N) is 2. The van der Waals surface area contributed by atoms with Gasteiger partial charge in [0.05, 0.1) is 19.1 Å². The van der Waals surface area contributed by atoms with Gasteiger partial charge in [0.2, 0.25) is 0 Å². The van der Waals surface area contributed by atoms with Crippen molar-refractivity contribution in [2.75, 3.05) is 6.54 Å². The third-order valence-electron chi connectivity index (χ3n) is 4.24. The molecule has 1 aromatic rings. The van der Waals surface area contributed by atoms with Gasteiger partial charge in [-0.25, -0.2) is 0 Å².